The molecule has 0 nitrogen and oxygen atoms in total. The van der Waals surface area contributed by atoms with Crippen LogP contribution in [0.5, 0.6) is 0 Å². The van der Waals surface area contributed by atoms with E-state index in [2.05, 4.69) is 75.7 Å². The van der Waals surface area contributed by atoms with Crippen molar-refractivity contribution in [2.45, 2.75) is 52.1 Å². The Bertz CT molecular complexity index is 371. The SMILES string of the molecule is C[Si](C)(C)C1=[C-]CC=C1.C[Si](C)(C)C1=[C-]CC=C1.[F-].[F-].[Zr+4]. The molecular weight excluding hydrogens is 378 g/mol. The van der Waals surface area contributed by atoms with Crippen molar-refractivity contribution in [2.24, 2.45) is 0 Å². The fourth-order valence-corrected chi connectivity index (χ4v) is 4.34. The van der Waals surface area contributed by atoms with Crippen LogP contribution >= 0.6 is 0 Å². The molecule has 0 aromatic rings. The van der Waals surface area contributed by atoms with E-state index in [1.54, 1.807) is 0 Å². The fraction of sp³-hybridized carbons (Fsp3) is 0.500. The van der Waals surface area contributed by atoms with Crippen molar-refractivity contribution >= 4 is 16.1 Å². The van der Waals surface area contributed by atoms with E-state index in [4.69, 9.17) is 0 Å². The smallest absolute Gasteiger partial charge is 1.00 e. The van der Waals surface area contributed by atoms with Crippen LogP contribution < -0.4 is 9.41 Å². The van der Waals surface area contributed by atoms with Gasteiger partial charge in [-0.3, -0.25) is 12.2 Å². The average Bonchev–Trinajstić information content (AvgIpc) is 2.91. The van der Waals surface area contributed by atoms with E-state index < -0.39 is 16.1 Å². The first-order chi connectivity index (χ1) is 8.21. The normalized spacial score (nSPS) is 15.7. The summed E-state index contributed by atoms with van der Waals surface area (Å²) in [5.74, 6) is 0. The van der Waals surface area contributed by atoms with Gasteiger partial charge in [0.15, 0.2) is 0 Å². The van der Waals surface area contributed by atoms with Crippen LogP contribution in [0.15, 0.2) is 34.7 Å². The second-order valence-corrected chi connectivity index (χ2v) is 17.0. The summed E-state index contributed by atoms with van der Waals surface area (Å²) in [4.78, 5) is 0. The number of halogens is 2. The summed E-state index contributed by atoms with van der Waals surface area (Å²) >= 11 is 0. The maximum absolute atomic E-state index is 3.36. The first-order valence-corrected chi connectivity index (χ1v) is 13.8. The third-order valence-electron chi connectivity index (χ3n) is 3.01. The Balaban J connectivity index is -0.000000270. The number of hydrogen-bond acceptors (Lipinski definition) is 0. The topological polar surface area (TPSA) is 0 Å². The van der Waals surface area contributed by atoms with Crippen molar-refractivity contribution in [1.29, 1.82) is 0 Å². The van der Waals surface area contributed by atoms with Crippen LogP contribution in [0.1, 0.15) is 12.8 Å². The molecule has 0 atom stereocenters. The van der Waals surface area contributed by atoms with E-state index in [1.807, 2.05) is 0 Å². The van der Waals surface area contributed by atoms with Crippen LogP contribution in [0.4, 0.5) is 0 Å². The number of allylic oxidation sites excluding steroid dienone is 8. The third-order valence-corrected chi connectivity index (χ3v) is 6.92. The van der Waals surface area contributed by atoms with Crippen LogP contribution in [0, 0.1) is 12.2 Å². The molecule has 0 bridgehead atoms. The van der Waals surface area contributed by atoms with Crippen molar-refractivity contribution in [1.82, 2.24) is 0 Å². The number of hydrogen-bond donors (Lipinski definition) is 0. The molecule has 0 heterocycles. The van der Waals surface area contributed by atoms with Gasteiger partial charge in [-0.25, -0.2) is 22.5 Å². The molecule has 0 N–H and O–H groups in total. The zero-order valence-corrected chi connectivity index (χ0v) is 18.4. The molecule has 116 valence electrons. The predicted octanol–water partition coefficient (Wildman–Crippen LogP) is -0.888. The third kappa shape index (κ3) is 9.70. The predicted molar refractivity (Wildman–Crippen MR) is 87.7 cm³/mol. The van der Waals surface area contributed by atoms with Gasteiger partial charge >= 0.3 is 26.2 Å². The van der Waals surface area contributed by atoms with Crippen molar-refractivity contribution in [3.63, 3.8) is 0 Å². The summed E-state index contributed by atoms with van der Waals surface area (Å²) in [7, 11) is -2.01. The molecule has 5 heteroatoms. The van der Waals surface area contributed by atoms with Gasteiger partial charge in [0, 0.05) is 16.1 Å². The van der Waals surface area contributed by atoms with E-state index in [-0.39, 0.29) is 35.6 Å². The maximum Gasteiger partial charge on any atom is 4.00 e. The van der Waals surface area contributed by atoms with E-state index in [0.717, 1.165) is 12.8 Å². The minimum absolute atomic E-state index is 0. The molecule has 2 rings (SSSR count). The summed E-state index contributed by atoms with van der Waals surface area (Å²) in [5.41, 5.74) is 0. The quantitative estimate of drug-likeness (QED) is 0.415. The largest absolute Gasteiger partial charge is 4.00 e. The summed E-state index contributed by atoms with van der Waals surface area (Å²) in [5, 5.41) is 2.98. The van der Waals surface area contributed by atoms with Crippen LogP contribution in [0.2, 0.25) is 39.3 Å². The standard InChI is InChI=1S/2C8H13Si.2FH.Zr/c2*1-9(2,3)8-6-4-5-7-8;;;/h2*4,6H,5H2,1-3H3;2*1H;/q2*-1;;;+4/p-2. The van der Waals surface area contributed by atoms with Gasteiger partial charge in [0.25, 0.3) is 0 Å². The zero-order valence-electron chi connectivity index (χ0n) is 14.0. The van der Waals surface area contributed by atoms with Crippen molar-refractivity contribution in [3.8, 4) is 0 Å². The Hall–Kier alpha value is 0.137. The minimum atomic E-state index is -1.01. The van der Waals surface area contributed by atoms with Crippen molar-refractivity contribution in [2.75, 3.05) is 0 Å². The Morgan fingerprint density at radius 3 is 1.10 bits per heavy atom. The van der Waals surface area contributed by atoms with E-state index >= 15 is 0 Å². The van der Waals surface area contributed by atoms with Crippen molar-refractivity contribution in [3.05, 3.63) is 46.8 Å². The van der Waals surface area contributed by atoms with Crippen LogP contribution in [-0.4, -0.2) is 16.1 Å². The Morgan fingerprint density at radius 1 is 0.714 bits per heavy atom. The molecule has 0 aromatic heterocycles. The molecule has 0 saturated heterocycles. The fourth-order valence-electron chi connectivity index (χ4n) is 1.84. The van der Waals surface area contributed by atoms with Gasteiger partial charge in [0.05, 0.1) is 0 Å². The first-order valence-electron chi connectivity index (χ1n) is 6.77. The number of rotatable bonds is 2. The molecular formula is C16H26F2Si2Zr. The van der Waals surface area contributed by atoms with Gasteiger partial charge < -0.3 is 9.41 Å². The second-order valence-electron chi connectivity index (χ2n) is 6.89. The van der Waals surface area contributed by atoms with E-state index in [9.17, 15) is 0 Å². The Labute approximate surface area is 150 Å². The summed E-state index contributed by atoms with van der Waals surface area (Å²) in [6, 6.07) is 0. The summed E-state index contributed by atoms with van der Waals surface area (Å²) in [6.45, 7) is 14.1. The van der Waals surface area contributed by atoms with Crippen molar-refractivity contribution < 1.29 is 35.6 Å². The molecule has 0 unspecified atom stereocenters. The molecule has 21 heavy (non-hydrogen) atoms. The molecule has 0 aliphatic heterocycles. The van der Waals surface area contributed by atoms with Gasteiger partial charge in [-0.15, -0.1) is 12.8 Å². The second kappa shape index (κ2) is 10.8. The maximum atomic E-state index is 3.36. The Morgan fingerprint density at radius 2 is 1.00 bits per heavy atom. The summed E-state index contributed by atoms with van der Waals surface area (Å²) < 4.78 is 0. The molecule has 2 aliphatic carbocycles. The minimum Gasteiger partial charge on any atom is -1.00 e. The van der Waals surface area contributed by atoms with Gasteiger partial charge in [-0.1, -0.05) is 39.3 Å². The monoisotopic (exact) mass is 402 g/mol. The van der Waals surface area contributed by atoms with Crippen LogP contribution in [0.3, 0.4) is 0 Å². The summed E-state index contributed by atoms with van der Waals surface area (Å²) in [6.07, 6.45) is 17.6. The first kappa shape index (κ1) is 26.1. The van der Waals surface area contributed by atoms with Gasteiger partial charge in [-0.2, -0.15) is 12.2 Å². The molecule has 0 saturated carbocycles. The molecule has 0 spiro atoms. The van der Waals surface area contributed by atoms with Crippen LogP contribution in [-0.2, 0) is 26.2 Å². The average molecular weight is 404 g/mol. The zero-order chi connectivity index (χ0) is 13.8. The molecule has 0 radical (unpaired) electrons. The van der Waals surface area contributed by atoms with E-state index in [0.29, 0.717) is 0 Å². The Kier molecular flexibility index (Phi) is 13.4. The molecule has 2 aliphatic rings. The molecule has 0 aromatic carbocycles. The van der Waals surface area contributed by atoms with Gasteiger partial charge in [-0.05, 0) is 0 Å². The van der Waals surface area contributed by atoms with Crippen LogP contribution in [0.25, 0.3) is 0 Å². The molecule has 0 fully saturated rings. The van der Waals surface area contributed by atoms with E-state index in [1.165, 1.54) is 10.4 Å². The molecule has 0 amide bonds. The van der Waals surface area contributed by atoms with Gasteiger partial charge in [0.1, 0.15) is 0 Å². The van der Waals surface area contributed by atoms with Gasteiger partial charge in [0.2, 0.25) is 0 Å².